The minimum Gasteiger partial charge on any atom is -1.00 e. The Bertz CT molecular complexity index is 501. The summed E-state index contributed by atoms with van der Waals surface area (Å²) in [4.78, 5) is 12.2. The third-order valence-electron chi connectivity index (χ3n) is 3.60. The van der Waals surface area contributed by atoms with Crippen molar-refractivity contribution in [2.24, 2.45) is 5.73 Å². The maximum Gasteiger partial charge on any atom is 1.00 e. The van der Waals surface area contributed by atoms with Crippen molar-refractivity contribution >= 4 is 21.7 Å². The number of hydrogen-bond donors (Lipinski definition) is 1. The zero-order valence-corrected chi connectivity index (χ0v) is 13.8. The molecule has 0 bridgehead atoms. The van der Waals surface area contributed by atoms with Crippen molar-refractivity contribution in [3.05, 3.63) is 22.2 Å². The van der Waals surface area contributed by atoms with Gasteiger partial charge in [-0.1, -0.05) is 22.4 Å². The summed E-state index contributed by atoms with van der Waals surface area (Å²) < 4.78 is 11.4. The van der Waals surface area contributed by atoms with E-state index in [-0.39, 0.29) is 31.6 Å². The molecule has 2 atom stereocenters. The number of carbonyl (C=O) groups is 1. The molecule has 0 aliphatic heterocycles. The van der Waals surface area contributed by atoms with Gasteiger partial charge >= 0.3 is 1.43 Å². The molecule has 1 aromatic carbocycles. The van der Waals surface area contributed by atoms with Crippen molar-refractivity contribution in [2.75, 3.05) is 14.2 Å². The van der Waals surface area contributed by atoms with E-state index in [4.69, 9.17) is 15.2 Å². The van der Waals surface area contributed by atoms with E-state index in [9.17, 15) is 4.79 Å². The minimum absolute atomic E-state index is 0. The maximum absolute atomic E-state index is 12.2. The normalized spacial score (nSPS) is 22.1. The predicted molar refractivity (Wildman–Crippen MR) is 77.9 cm³/mol. The minimum atomic E-state index is -0.348. The fraction of sp³-hybridized carbons (Fsp3) is 0.500. The largest absolute Gasteiger partial charge is 1.00 e. The first-order valence-corrected chi connectivity index (χ1v) is 7.08. The number of hydrogen-bond acceptors (Lipinski definition) is 4. The van der Waals surface area contributed by atoms with E-state index in [2.05, 4.69) is 15.9 Å². The third-order valence-corrected chi connectivity index (χ3v) is 4.28. The molecular weight excluding hydrogens is 346 g/mol. The molecule has 0 spiro atoms. The van der Waals surface area contributed by atoms with Gasteiger partial charge in [0.15, 0.2) is 17.3 Å². The Morgan fingerprint density at radius 3 is 2.45 bits per heavy atom. The van der Waals surface area contributed by atoms with E-state index in [1.807, 2.05) is 12.1 Å². The molecule has 0 amide bonds. The lowest BCUT2D eigenvalue weighted by Crippen LogP contribution is -3.00. The molecule has 2 N–H and O–H groups in total. The number of benzene rings is 1. The average molecular weight is 365 g/mol. The van der Waals surface area contributed by atoms with Crippen LogP contribution in [0, 0.1) is 0 Å². The quantitative estimate of drug-likeness (QED) is 0.803. The van der Waals surface area contributed by atoms with Crippen LogP contribution in [-0.2, 0) is 4.79 Å². The molecule has 20 heavy (non-hydrogen) atoms. The van der Waals surface area contributed by atoms with Gasteiger partial charge in [0.2, 0.25) is 0 Å². The van der Waals surface area contributed by atoms with E-state index >= 15 is 0 Å². The number of carbonyl (C=O) groups excluding carboxylic acids is 1. The van der Waals surface area contributed by atoms with Crippen LogP contribution in [-0.4, -0.2) is 26.0 Å². The van der Waals surface area contributed by atoms with Gasteiger partial charge in [-0.15, -0.1) is 0 Å². The second kappa shape index (κ2) is 7.29. The van der Waals surface area contributed by atoms with Crippen LogP contribution < -0.4 is 27.6 Å². The summed E-state index contributed by atoms with van der Waals surface area (Å²) in [5, 5.41) is 0. The Balaban J connectivity index is 0.00000200. The second-order valence-electron chi connectivity index (χ2n) is 4.72. The highest BCUT2D eigenvalue weighted by atomic mass is 79.9. The standard InChI is InChI=1S/C14H18BrNO3.ClH/c1-18-12-6-9(10(15)7-13(12)19-2)8-4-3-5-11(16)14(8)17;/h6-8,11H,3-5,16H2,1-2H3;1H. The smallest absolute Gasteiger partial charge is 1.00 e. The fourth-order valence-electron chi connectivity index (χ4n) is 2.53. The van der Waals surface area contributed by atoms with Crippen LogP contribution in [0.3, 0.4) is 0 Å². The van der Waals surface area contributed by atoms with Crippen LogP contribution in [0.2, 0.25) is 0 Å². The zero-order chi connectivity index (χ0) is 14.0. The first kappa shape index (κ1) is 17.3. The Morgan fingerprint density at radius 1 is 1.25 bits per heavy atom. The van der Waals surface area contributed by atoms with Crippen molar-refractivity contribution < 1.29 is 28.1 Å². The summed E-state index contributed by atoms with van der Waals surface area (Å²) in [7, 11) is 3.18. The summed E-state index contributed by atoms with van der Waals surface area (Å²) in [6.07, 6.45) is 2.58. The fourth-order valence-corrected chi connectivity index (χ4v) is 3.13. The topological polar surface area (TPSA) is 61.5 Å². The number of Topliss-reactive ketones (excluding diaryl/α,β-unsaturated/α-hetero) is 1. The molecule has 1 saturated carbocycles. The predicted octanol–water partition coefficient (Wildman–Crippen LogP) is -0.253. The molecule has 6 heteroatoms. The molecule has 2 unspecified atom stereocenters. The van der Waals surface area contributed by atoms with Crippen molar-refractivity contribution in [1.29, 1.82) is 0 Å². The number of rotatable bonds is 3. The monoisotopic (exact) mass is 363 g/mol. The van der Waals surface area contributed by atoms with Gasteiger partial charge in [0.05, 0.1) is 20.3 Å². The molecule has 2 rings (SSSR count). The molecule has 1 aromatic rings. The average Bonchev–Trinajstić information content (AvgIpc) is 2.42. The Morgan fingerprint density at radius 2 is 1.85 bits per heavy atom. The summed E-state index contributed by atoms with van der Waals surface area (Å²) in [5.74, 6) is 1.23. The molecular formula is C14H19BrClNO3. The number of methoxy groups -OCH3 is 2. The molecule has 0 heterocycles. The van der Waals surface area contributed by atoms with Gasteiger partial charge < -0.3 is 27.6 Å². The molecule has 0 radical (unpaired) electrons. The Kier molecular flexibility index (Phi) is 6.30. The number of ether oxygens (including phenoxy) is 2. The van der Waals surface area contributed by atoms with E-state index in [0.717, 1.165) is 29.3 Å². The van der Waals surface area contributed by atoms with Crippen LogP contribution in [0.1, 0.15) is 32.2 Å². The van der Waals surface area contributed by atoms with Crippen LogP contribution in [0.4, 0.5) is 0 Å². The number of nitrogens with two attached hydrogens (primary N) is 1. The first-order chi connectivity index (χ1) is 9.08. The van der Waals surface area contributed by atoms with E-state index < -0.39 is 0 Å². The van der Waals surface area contributed by atoms with E-state index in [1.165, 1.54) is 0 Å². The summed E-state index contributed by atoms with van der Waals surface area (Å²) >= 11 is 3.51. The van der Waals surface area contributed by atoms with Crippen LogP contribution in [0.5, 0.6) is 11.5 Å². The van der Waals surface area contributed by atoms with Gasteiger partial charge in [0, 0.05) is 10.4 Å². The lowest BCUT2D eigenvalue weighted by atomic mass is 9.80. The maximum atomic E-state index is 12.2. The molecule has 1 fully saturated rings. The van der Waals surface area contributed by atoms with Crippen LogP contribution in [0.15, 0.2) is 16.6 Å². The highest BCUT2D eigenvalue weighted by Gasteiger charge is 2.31. The molecule has 4 nitrogen and oxygen atoms in total. The summed E-state index contributed by atoms with van der Waals surface area (Å²) in [5.41, 5.74) is 6.79. The van der Waals surface area contributed by atoms with E-state index in [0.29, 0.717) is 11.5 Å². The van der Waals surface area contributed by atoms with Gasteiger partial charge in [-0.3, -0.25) is 4.79 Å². The van der Waals surface area contributed by atoms with Crippen molar-refractivity contribution in [1.82, 2.24) is 0 Å². The lowest BCUT2D eigenvalue weighted by molar-refractivity contribution is -0.123. The van der Waals surface area contributed by atoms with Gasteiger partial charge in [0.1, 0.15) is 0 Å². The van der Waals surface area contributed by atoms with Crippen molar-refractivity contribution in [3.63, 3.8) is 0 Å². The second-order valence-corrected chi connectivity index (χ2v) is 5.58. The number of halogens is 2. The summed E-state index contributed by atoms with van der Waals surface area (Å²) in [6.45, 7) is 0. The van der Waals surface area contributed by atoms with Crippen LogP contribution >= 0.6 is 15.9 Å². The van der Waals surface area contributed by atoms with Gasteiger partial charge in [0.25, 0.3) is 0 Å². The lowest BCUT2D eigenvalue weighted by Gasteiger charge is -2.26. The van der Waals surface area contributed by atoms with Gasteiger partial charge in [-0.25, -0.2) is 0 Å². The molecule has 1 aliphatic rings. The van der Waals surface area contributed by atoms with Crippen LogP contribution in [0.25, 0.3) is 0 Å². The molecule has 0 saturated heterocycles. The Hall–Kier alpha value is -0.780. The molecule has 112 valence electrons. The third kappa shape index (κ3) is 3.27. The first-order valence-electron chi connectivity index (χ1n) is 6.29. The Labute approximate surface area is 135 Å². The number of ketones is 1. The molecule has 1 aliphatic carbocycles. The van der Waals surface area contributed by atoms with Crippen molar-refractivity contribution in [2.45, 2.75) is 31.2 Å². The van der Waals surface area contributed by atoms with Crippen molar-refractivity contribution in [3.8, 4) is 11.5 Å². The molecule has 0 aromatic heterocycles. The van der Waals surface area contributed by atoms with Gasteiger partial charge in [-0.05, 0) is 30.5 Å². The van der Waals surface area contributed by atoms with E-state index in [1.54, 1.807) is 14.2 Å². The highest BCUT2D eigenvalue weighted by molar-refractivity contribution is 9.10. The SMILES string of the molecule is COc1cc(Br)c(C2CCCC(N)C2=O)cc1OC.[Cl-].[H+]. The summed E-state index contributed by atoms with van der Waals surface area (Å²) in [6, 6.07) is 3.35. The van der Waals surface area contributed by atoms with Gasteiger partial charge in [-0.2, -0.15) is 0 Å². The zero-order valence-electron chi connectivity index (χ0n) is 12.5. The highest BCUT2D eigenvalue weighted by Crippen LogP contribution is 2.40.